The second-order valence-electron chi connectivity index (χ2n) is 7.20. The Morgan fingerprint density at radius 1 is 1.00 bits per heavy atom. The second-order valence-corrected chi connectivity index (χ2v) is 9.13. The van der Waals surface area contributed by atoms with Gasteiger partial charge in [0.25, 0.3) is 5.91 Å². The molecule has 0 spiro atoms. The summed E-state index contributed by atoms with van der Waals surface area (Å²) < 4.78 is 38.4. The molecule has 0 unspecified atom stereocenters. The Bertz CT molecular complexity index is 969. The molecule has 7 nitrogen and oxygen atoms in total. The molecule has 154 valence electrons. The molecule has 0 radical (unpaired) electrons. The number of carbonyl (C=O) groups excluding carboxylic acids is 1. The van der Waals surface area contributed by atoms with Gasteiger partial charge in [-0.2, -0.15) is 4.31 Å². The Kier molecular flexibility index (Phi) is 5.73. The van der Waals surface area contributed by atoms with Crippen LogP contribution in [0.1, 0.15) is 29.6 Å². The number of ether oxygens (including phenoxy) is 2. The summed E-state index contributed by atoms with van der Waals surface area (Å²) in [5, 5.41) is 2.82. The highest BCUT2D eigenvalue weighted by molar-refractivity contribution is 7.89. The standard InChI is InChI=1S/C21H24N2O5S/c24-21(22-14-17-15-27-19-6-2-3-7-20(19)28-17)16-8-10-18(11-9-16)29(25,26)23-12-4-1-5-13-23/h2-3,6-11,17H,1,4-5,12-15H2,(H,22,24)/t17-/m1/s1. The Hall–Kier alpha value is -2.58. The third-order valence-electron chi connectivity index (χ3n) is 5.13. The van der Waals surface area contributed by atoms with Crippen LogP contribution in [0.5, 0.6) is 11.5 Å². The summed E-state index contributed by atoms with van der Waals surface area (Å²) in [6.07, 6.45) is 2.55. The van der Waals surface area contributed by atoms with E-state index in [0.717, 1.165) is 19.3 Å². The molecule has 0 aliphatic carbocycles. The number of benzene rings is 2. The SMILES string of the molecule is O=C(NC[C@@H]1COc2ccccc2O1)c1ccc(S(=O)(=O)N2CCCCC2)cc1. The van der Waals surface area contributed by atoms with Crippen LogP contribution in [0.2, 0.25) is 0 Å². The van der Waals surface area contributed by atoms with E-state index >= 15 is 0 Å². The number of sulfonamides is 1. The van der Waals surface area contributed by atoms with Crippen molar-refractivity contribution in [2.24, 2.45) is 0 Å². The van der Waals surface area contributed by atoms with Crippen LogP contribution in [0.4, 0.5) is 0 Å². The van der Waals surface area contributed by atoms with Gasteiger partial charge in [-0.25, -0.2) is 8.42 Å². The Morgan fingerprint density at radius 2 is 1.69 bits per heavy atom. The topological polar surface area (TPSA) is 84.9 Å². The van der Waals surface area contributed by atoms with Crippen molar-refractivity contribution in [2.45, 2.75) is 30.3 Å². The summed E-state index contributed by atoms with van der Waals surface area (Å²) in [5.41, 5.74) is 0.403. The van der Waals surface area contributed by atoms with Crippen molar-refractivity contribution in [1.82, 2.24) is 9.62 Å². The first-order chi connectivity index (χ1) is 14.0. The molecule has 1 N–H and O–H groups in total. The molecule has 2 aromatic carbocycles. The van der Waals surface area contributed by atoms with E-state index in [1.54, 1.807) is 12.1 Å². The lowest BCUT2D eigenvalue weighted by molar-refractivity contribution is 0.0789. The minimum Gasteiger partial charge on any atom is -0.486 e. The lowest BCUT2D eigenvalue weighted by atomic mass is 10.2. The van der Waals surface area contributed by atoms with Crippen LogP contribution in [0, 0.1) is 0 Å². The maximum Gasteiger partial charge on any atom is 0.251 e. The molecule has 2 aliphatic rings. The fourth-order valence-electron chi connectivity index (χ4n) is 3.50. The van der Waals surface area contributed by atoms with Gasteiger partial charge in [0.15, 0.2) is 11.5 Å². The van der Waals surface area contributed by atoms with Crippen LogP contribution in [0.3, 0.4) is 0 Å². The number of hydrogen-bond donors (Lipinski definition) is 1. The molecule has 2 heterocycles. The van der Waals surface area contributed by atoms with Gasteiger partial charge >= 0.3 is 0 Å². The Labute approximate surface area is 170 Å². The molecular formula is C21H24N2O5S. The second kappa shape index (κ2) is 8.42. The molecule has 0 saturated carbocycles. The number of hydrogen-bond acceptors (Lipinski definition) is 5. The number of para-hydroxylation sites is 2. The smallest absolute Gasteiger partial charge is 0.251 e. The maximum atomic E-state index is 12.7. The molecule has 1 amide bonds. The number of fused-ring (bicyclic) bond motifs is 1. The molecule has 8 heteroatoms. The predicted molar refractivity (Wildman–Crippen MR) is 108 cm³/mol. The van der Waals surface area contributed by atoms with Gasteiger partial charge in [0.1, 0.15) is 12.7 Å². The van der Waals surface area contributed by atoms with E-state index in [4.69, 9.17) is 9.47 Å². The number of carbonyl (C=O) groups is 1. The van der Waals surface area contributed by atoms with Crippen molar-refractivity contribution in [2.75, 3.05) is 26.2 Å². The largest absolute Gasteiger partial charge is 0.486 e. The summed E-state index contributed by atoms with van der Waals surface area (Å²) >= 11 is 0. The molecule has 29 heavy (non-hydrogen) atoms. The van der Waals surface area contributed by atoms with E-state index in [-0.39, 0.29) is 16.9 Å². The van der Waals surface area contributed by atoms with Gasteiger partial charge < -0.3 is 14.8 Å². The van der Waals surface area contributed by atoms with Crippen LogP contribution in [-0.4, -0.2) is 51.0 Å². The van der Waals surface area contributed by atoms with Gasteiger partial charge in [0.05, 0.1) is 11.4 Å². The van der Waals surface area contributed by atoms with E-state index in [9.17, 15) is 13.2 Å². The van der Waals surface area contributed by atoms with Crippen molar-refractivity contribution >= 4 is 15.9 Å². The van der Waals surface area contributed by atoms with E-state index in [2.05, 4.69) is 5.32 Å². The van der Waals surface area contributed by atoms with Crippen LogP contribution >= 0.6 is 0 Å². The molecule has 1 fully saturated rings. The van der Waals surface area contributed by atoms with Gasteiger partial charge in [-0.1, -0.05) is 18.6 Å². The normalized spacial score (nSPS) is 19.5. The quantitative estimate of drug-likeness (QED) is 0.809. The third-order valence-corrected chi connectivity index (χ3v) is 7.04. The number of amides is 1. The summed E-state index contributed by atoms with van der Waals surface area (Å²) in [6.45, 7) is 1.75. The van der Waals surface area contributed by atoms with Crippen LogP contribution in [0.25, 0.3) is 0 Å². The minimum atomic E-state index is -3.50. The Morgan fingerprint density at radius 3 is 2.41 bits per heavy atom. The molecular weight excluding hydrogens is 392 g/mol. The van der Waals surface area contributed by atoms with E-state index in [1.807, 2.05) is 24.3 Å². The van der Waals surface area contributed by atoms with Crippen molar-refractivity contribution in [1.29, 1.82) is 0 Å². The average molecular weight is 416 g/mol. The van der Waals surface area contributed by atoms with Gasteiger partial charge in [-0.05, 0) is 49.2 Å². The van der Waals surface area contributed by atoms with Crippen molar-refractivity contribution in [3.63, 3.8) is 0 Å². The lowest BCUT2D eigenvalue weighted by Gasteiger charge is -2.26. The zero-order valence-electron chi connectivity index (χ0n) is 16.0. The number of nitrogens with one attached hydrogen (secondary N) is 1. The summed E-state index contributed by atoms with van der Waals surface area (Å²) in [7, 11) is -3.50. The van der Waals surface area contributed by atoms with Crippen LogP contribution < -0.4 is 14.8 Å². The number of rotatable bonds is 5. The molecule has 0 aromatic heterocycles. The van der Waals surface area contributed by atoms with Gasteiger partial charge in [0, 0.05) is 18.7 Å². The van der Waals surface area contributed by atoms with E-state index in [1.165, 1.54) is 16.4 Å². The third kappa shape index (κ3) is 4.38. The van der Waals surface area contributed by atoms with Gasteiger partial charge in [-0.15, -0.1) is 0 Å². The molecule has 0 bridgehead atoms. The molecule has 2 aromatic rings. The van der Waals surface area contributed by atoms with Gasteiger partial charge in [-0.3, -0.25) is 4.79 Å². The fraction of sp³-hybridized carbons (Fsp3) is 0.381. The highest BCUT2D eigenvalue weighted by Crippen LogP contribution is 2.30. The first-order valence-corrected chi connectivity index (χ1v) is 11.2. The highest BCUT2D eigenvalue weighted by atomic mass is 32.2. The summed E-state index contributed by atoms with van der Waals surface area (Å²) in [4.78, 5) is 12.6. The zero-order chi connectivity index (χ0) is 20.3. The van der Waals surface area contributed by atoms with Crippen LogP contribution in [0.15, 0.2) is 53.4 Å². The monoisotopic (exact) mass is 416 g/mol. The van der Waals surface area contributed by atoms with Crippen molar-refractivity contribution in [3.05, 3.63) is 54.1 Å². The molecule has 2 aliphatic heterocycles. The maximum absolute atomic E-state index is 12.7. The van der Waals surface area contributed by atoms with Crippen molar-refractivity contribution in [3.8, 4) is 11.5 Å². The highest BCUT2D eigenvalue weighted by Gasteiger charge is 2.26. The summed E-state index contributed by atoms with van der Waals surface area (Å²) in [6, 6.07) is 13.5. The predicted octanol–water partition coefficient (Wildman–Crippen LogP) is 2.43. The molecule has 4 rings (SSSR count). The number of nitrogens with zero attached hydrogens (tertiary/aromatic N) is 1. The van der Waals surface area contributed by atoms with E-state index in [0.29, 0.717) is 43.3 Å². The molecule has 1 saturated heterocycles. The fourth-order valence-corrected chi connectivity index (χ4v) is 5.02. The minimum absolute atomic E-state index is 0.219. The average Bonchev–Trinajstić information content (AvgIpc) is 2.78. The Balaban J connectivity index is 1.35. The summed E-state index contributed by atoms with van der Waals surface area (Å²) in [5.74, 6) is 1.07. The van der Waals surface area contributed by atoms with E-state index < -0.39 is 10.0 Å². The lowest BCUT2D eigenvalue weighted by Crippen LogP contribution is -2.40. The first-order valence-electron chi connectivity index (χ1n) is 9.81. The van der Waals surface area contributed by atoms with Crippen LogP contribution in [-0.2, 0) is 10.0 Å². The van der Waals surface area contributed by atoms with Crippen molar-refractivity contribution < 1.29 is 22.7 Å². The molecule has 1 atom stereocenters. The first kappa shape index (κ1) is 19.7. The van der Waals surface area contributed by atoms with Gasteiger partial charge in [0.2, 0.25) is 10.0 Å². The number of piperidine rings is 1. The zero-order valence-corrected chi connectivity index (χ0v) is 16.9.